The third-order valence-electron chi connectivity index (χ3n) is 1.73. The maximum absolute atomic E-state index is 10.4. The fourth-order valence-corrected chi connectivity index (χ4v) is 0.975. The van der Waals surface area contributed by atoms with Gasteiger partial charge in [0.1, 0.15) is 0 Å². The number of nitrogens with two attached hydrogens (primary N) is 2. The molecule has 1 aromatic carbocycles. The van der Waals surface area contributed by atoms with E-state index >= 15 is 0 Å². The number of hydrogen-bond acceptors (Lipinski definition) is 7. The van der Waals surface area contributed by atoms with Crippen LogP contribution in [0.4, 0.5) is 22.7 Å². The van der Waals surface area contributed by atoms with E-state index in [0.717, 1.165) is 0 Å². The topological polar surface area (TPSA) is 159 Å². The summed E-state index contributed by atoms with van der Waals surface area (Å²) in [5.41, 5.74) is 7.62. The van der Waals surface area contributed by atoms with Gasteiger partial charge in [0.25, 0.3) is 0 Å². The van der Waals surface area contributed by atoms with Crippen LogP contribution in [0.5, 0.6) is 5.75 Å². The SMILES string of the molecule is Nc1c([N+](=O)[O-])cc([N+](=O)[O-])c(N)c1O. The molecular weight excluding hydrogens is 208 g/mol. The van der Waals surface area contributed by atoms with Gasteiger partial charge in [-0.25, -0.2) is 0 Å². The summed E-state index contributed by atoms with van der Waals surface area (Å²) >= 11 is 0. The molecule has 0 saturated carbocycles. The molecule has 0 aliphatic heterocycles. The van der Waals surface area contributed by atoms with Crippen LogP contribution < -0.4 is 11.5 Å². The van der Waals surface area contributed by atoms with Gasteiger partial charge in [-0.05, 0) is 0 Å². The Morgan fingerprint density at radius 3 is 1.67 bits per heavy atom. The minimum Gasteiger partial charge on any atom is -0.504 e. The predicted molar refractivity (Wildman–Crippen MR) is 50.2 cm³/mol. The van der Waals surface area contributed by atoms with E-state index in [1.807, 2.05) is 0 Å². The van der Waals surface area contributed by atoms with Crippen molar-refractivity contribution in [3.05, 3.63) is 26.3 Å². The zero-order valence-electron chi connectivity index (χ0n) is 7.21. The first-order valence-electron chi connectivity index (χ1n) is 3.56. The molecule has 0 aliphatic carbocycles. The number of nitrogens with zero attached hydrogens (tertiary/aromatic N) is 2. The van der Waals surface area contributed by atoms with Crippen LogP contribution in [0.2, 0.25) is 0 Å². The second-order valence-electron chi connectivity index (χ2n) is 2.60. The molecular formula is C6H6N4O5. The number of hydrogen-bond donors (Lipinski definition) is 3. The molecule has 0 bridgehead atoms. The van der Waals surface area contributed by atoms with E-state index in [9.17, 15) is 25.3 Å². The molecule has 5 N–H and O–H groups in total. The highest BCUT2D eigenvalue weighted by molar-refractivity contribution is 5.82. The molecule has 0 aliphatic rings. The van der Waals surface area contributed by atoms with Crippen LogP contribution in [0.3, 0.4) is 0 Å². The summed E-state index contributed by atoms with van der Waals surface area (Å²) in [6.07, 6.45) is 0. The molecule has 0 saturated heterocycles. The van der Waals surface area contributed by atoms with Crippen molar-refractivity contribution in [2.75, 3.05) is 11.5 Å². The summed E-state index contributed by atoms with van der Waals surface area (Å²) in [6.45, 7) is 0. The molecule has 0 spiro atoms. The smallest absolute Gasteiger partial charge is 0.302 e. The molecule has 80 valence electrons. The van der Waals surface area contributed by atoms with E-state index in [1.165, 1.54) is 0 Å². The summed E-state index contributed by atoms with van der Waals surface area (Å²) in [7, 11) is 0. The lowest BCUT2D eigenvalue weighted by atomic mass is 10.2. The van der Waals surface area contributed by atoms with Crippen molar-refractivity contribution in [3.8, 4) is 5.75 Å². The highest BCUT2D eigenvalue weighted by atomic mass is 16.6. The number of anilines is 2. The first-order valence-corrected chi connectivity index (χ1v) is 3.56. The first kappa shape index (κ1) is 10.5. The zero-order chi connectivity index (χ0) is 11.7. The molecule has 0 fully saturated rings. The molecule has 1 aromatic rings. The Labute approximate surface area is 82.2 Å². The molecule has 15 heavy (non-hydrogen) atoms. The number of nitro groups is 2. The standard InChI is InChI=1S/C6H6N4O5/c7-4-2(9(12)13)1-3(10(14)15)5(8)6(4)11/h1,11H,7-8H2. The predicted octanol–water partition coefficient (Wildman–Crippen LogP) is 0.373. The lowest BCUT2D eigenvalue weighted by Gasteiger charge is -2.03. The number of rotatable bonds is 2. The van der Waals surface area contributed by atoms with Gasteiger partial charge in [0.15, 0.2) is 17.1 Å². The Kier molecular flexibility index (Phi) is 2.30. The second kappa shape index (κ2) is 3.29. The third kappa shape index (κ3) is 1.57. The van der Waals surface area contributed by atoms with Gasteiger partial charge in [-0.2, -0.15) is 0 Å². The summed E-state index contributed by atoms with van der Waals surface area (Å²) in [5.74, 6) is -0.851. The third-order valence-corrected chi connectivity index (χ3v) is 1.73. The Bertz CT molecular complexity index is 419. The van der Waals surface area contributed by atoms with E-state index in [4.69, 9.17) is 11.5 Å². The largest absolute Gasteiger partial charge is 0.504 e. The molecule has 0 unspecified atom stereocenters. The maximum Gasteiger partial charge on any atom is 0.302 e. The molecule has 9 heteroatoms. The first-order chi connectivity index (χ1) is 6.86. The van der Waals surface area contributed by atoms with Crippen LogP contribution in [0, 0.1) is 20.2 Å². The van der Waals surface area contributed by atoms with E-state index in [0.29, 0.717) is 6.07 Å². The van der Waals surface area contributed by atoms with Gasteiger partial charge in [0, 0.05) is 0 Å². The summed E-state index contributed by atoms with van der Waals surface area (Å²) in [5, 5.41) is 30.0. The van der Waals surface area contributed by atoms with Crippen molar-refractivity contribution < 1.29 is 15.0 Å². The molecule has 0 aromatic heterocycles. The van der Waals surface area contributed by atoms with Gasteiger partial charge in [-0.15, -0.1) is 0 Å². The van der Waals surface area contributed by atoms with Gasteiger partial charge in [-0.1, -0.05) is 0 Å². The minimum absolute atomic E-state index is 0.594. The fraction of sp³-hybridized carbons (Fsp3) is 0. The van der Waals surface area contributed by atoms with Crippen LogP contribution in [0.1, 0.15) is 0 Å². The van der Waals surface area contributed by atoms with Crippen molar-refractivity contribution in [3.63, 3.8) is 0 Å². The Hall–Kier alpha value is -2.58. The Balaban J connectivity index is 3.59. The Morgan fingerprint density at radius 1 is 1.07 bits per heavy atom. The van der Waals surface area contributed by atoms with Crippen LogP contribution in [0.15, 0.2) is 6.07 Å². The van der Waals surface area contributed by atoms with E-state index in [1.54, 1.807) is 0 Å². The number of aromatic hydroxyl groups is 1. The number of phenols is 1. The molecule has 9 nitrogen and oxygen atoms in total. The zero-order valence-corrected chi connectivity index (χ0v) is 7.21. The fourth-order valence-electron chi connectivity index (χ4n) is 0.975. The minimum atomic E-state index is -0.943. The van der Waals surface area contributed by atoms with E-state index < -0.39 is 38.3 Å². The van der Waals surface area contributed by atoms with Crippen LogP contribution >= 0.6 is 0 Å². The van der Waals surface area contributed by atoms with Crippen LogP contribution in [0.25, 0.3) is 0 Å². The van der Waals surface area contributed by atoms with Gasteiger partial charge < -0.3 is 16.6 Å². The van der Waals surface area contributed by atoms with Crippen molar-refractivity contribution in [1.29, 1.82) is 0 Å². The molecule has 0 heterocycles. The van der Waals surface area contributed by atoms with Gasteiger partial charge in [0.2, 0.25) is 0 Å². The average molecular weight is 214 g/mol. The van der Waals surface area contributed by atoms with Gasteiger partial charge >= 0.3 is 11.4 Å². The summed E-state index contributed by atoms with van der Waals surface area (Å²) in [4.78, 5) is 18.9. The maximum atomic E-state index is 10.4. The van der Waals surface area contributed by atoms with E-state index in [2.05, 4.69) is 0 Å². The number of nitro benzene ring substituents is 2. The van der Waals surface area contributed by atoms with Crippen molar-refractivity contribution in [2.24, 2.45) is 0 Å². The van der Waals surface area contributed by atoms with Crippen LogP contribution in [-0.2, 0) is 0 Å². The van der Waals surface area contributed by atoms with Crippen molar-refractivity contribution in [2.45, 2.75) is 0 Å². The van der Waals surface area contributed by atoms with Gasteiger partial charge in [0.05, 0.1) is 15.9 Å². The normalized spacial score (nSPS) is 9.87. The number of benzene rings is 1. The highest BCUT2D eigenvalue weighted by Gasteiger charge is 2.26. The lowest BCUT2D eigenvalue weighted by Crippen LogP contribution is -2.02. The molecule has 0 atom stereocenters. The molecule has 1 rings (SSSR count). The van der Waals surface area contributed by atoms with Crippen molar-refractivity contribution >= 4 is 22.7 Å². The van der Waals surface area contributed by atoms with Crippen LogP contribution in [-0.4, -0.2) is 15.0 Å². The average Bonchev–Trinajstić information content (AvgIpc) is 2.13. The summed E-state index contributed by atoms with van der Waals surface area (Å²) in [6, 6.07) is 0.602. The lowest BCUT2D eigenvalue weighted by molar-refractivity contribution is -0.393. The van der Waals surface area contributed by atoms with E-state index in [-0.39, 0.29) is 0 Å². The van der Waals surface area contributed by atoms with Crippen molar-refractivity contribution in [1.82, 2.24) is 0 Å². The quantitative estimate of drug-likeness (QED) is 0.277. The molecule has 0 radical (unpaired) electrons. The molecule has 0 amide bonds. The van der Waals surface area contributed by atoms with Gasteiger partial charge in [-0.3, -0.25) is 20.2 Å². The summed E-state index contributed by atoms with van der Waals surface area (Å²) < 4.78 is 0. The number of nitrogen functional groups attached to an aromatic ring is 2. The highest BCUT2D eigenvalue weighted by Crippen LogP contribution is 2.41. The second-order valence-corrected chi connectivity index (χ2v) is 2.60. The number of phenolic OH excluding ortho intramolecular Hbond substituents is 1. The monoisotopic (exact) mass is 214 g/mol. The Morgan fingerprint density at radius 2 is 1.40 bits per heavy atom.